The average molecular weight is 571 g/mol. The molecule has 2 heterocycles. The molecule has 3 amide bonds. The van der Waals surface area contributed by atoms with Crippen LogP contribution in [0.2, 0.25) is 0 Å². The van der Waals surface area contributed by atoms with E-state index < -0.39 is 0 Å². The summed E-state index contributed by atoms with van der Waals surface area (Å²) in [7, 11) is 1.60. The fraction of sp³-hybridized carbons (Fsp3) is 0.375. The summed E-state index contributed by atoms with van der Waals surface area (Å²) < 4.78 is 5.22. The van der Waals surface area contributed by atoms with Crippen molar-refractivity contribution < 1.29 is 19.1 Å². The molecular formula is C32H38N6O4. The van der Waals surface area contributed by atoms with Crippen LogP contribution in [-0.4, -0.2) is 73.0 Å². The first-order valence-corrected chi connectivity index (χ1v) is 14.5. The number of nitrogens with one attached hydrogen (secondary N) is 2. The lowest BCUT2D eigenvalue weighted by molar-refractivity contribution is -0.115. The van der Waals surface area contributed by atoms with Gasteiger partial charge in [0.15, 0.2) is 0 Å². The normalized spacial score (nSPS) is 18.7. The van der Waals surface area contributed by atoms with Gasteiger partial charge in [0.1, 0.15) is 5.75 Å². The first-order valence-electron chi connectivity index (χ1n) is 14.5. The van der Waals surface area contributed by atoms with Gasteiger partial charge >= 0.3 is 0 Å². The van der Waals surface area contributed by atoms with Crippen LogP contribution in [0.4, 0.5) is 11.4 Å². The van der Waals surface area contributed by atoms with Crippen LogP contribution in [0.25, 0.3) is 0 Å². The number of rotatable bonds is 8. The minimum Gasteiger partial charge on any atom is -0.497 e. The Morgan fingerprint density at radius 3 is 2.26 bits per heavy atom. The third-order valence-corrected chi connectivity index (χ3v) is 8.00. The van der Waals surface area contributed by atoms with Crippen molar-refractivity contribution in [1.82, 2.24) is 15.2 Å². The minimum absolute atomic E-state index is 0.0271. The lowest BCUT2D eigenvalue weighted by atomic mass is 9.91. The van der Waals surface area contributed by atoms with Crippen molar-refractivity contribution in [2.24, 2.45) is 5.73 Å². The molecule has 10 nitrogen and oxygen atoms in total. The maximum absolute atomic E-state index is 13.2. The van der Waals surface area contributed by atoms with Crippen LogP contribution >= 0.6 is 0 Å². The maximum Gasteiger partial charge on any atom is 0.254 e. The Kier molecular flexibility index (Phi) is 9.33. The van der Waals surface area contributed by atoms with Crippen molar-refractivity contribution >= 4 is 29.1 Å². The number of carbonyl (C=O) groups excluding carboxylic acids is 3. The summed E-state index contributed by atoms with van der Waals surface area (Å²) >= 11 is 0. The van der Waals surface area contributed by atoms with E-state index in [-0.39, 0.29) is 36.2 Å². The molecule has 1 saturated heterocycles. The number of nitrogens with two attached hydrogens (primary N) is 1. The summed E-state index contributed by atoms with van der Waals surface area (Å²) in [6, 6.07) is 16.5. The van der Waals surface area contributed by atoms with Gasteiger partial charge in [-0.1, -0.05) is 12.1 Å². The van der Waals surface area contributed by atoms with Crippen molar-refractivity contribution in [3.05, 3.63) is 83.7 Å². The van der Waals surface area contributed by atoms with Gasteiger partial charge in [0, 0.05) is 61.8 Å². The molecule has 4 N–H and O–H groups in total. The molecule has 0 unspecified atom stereocenters. The Labute approximate surface area is 246 Å². The van der Waals surface area contributed by atoms with Gasteiger partial charge in [-0.2, -0.15) is 0 Å². The summed E-state index contributed by atoms with van der Waals surface area (Å²) in [6.07, 6.45) is 6.92. The van der Waals surface area contributed by atoms with Crippen LogP contribution in [0.15, 0.2) is 67.0 Å². The molecule has 1 saturated carbocycles. The number of carbonyl (C=O) groups is 3. The molecule has 2 fully saturated rings. The van der Waals surface area contributed by atoms with Crippen LogP contribution in [0.1, 0.15) is 52.0 Å². The highest BCUT2D eigenvalue weighted by Gasteiger charge is 2.25. The largest absolute Gasteiger partial charge is 0.497 e. The highest BCUT2D eigenvalue weighted by Crippen LogP contribution is 2.29. The molecule has 5 rings (SSSR count). The zero-order chi connectivity index (χ0) is 29.5. The van der Waals surface area contributed by atoms with Gasteiger partial charge in [-0.15, -0.1) is 0 Å². The molecule has 0 atom stereocenters. The lowest BCUT2D eigenvalue weighted by Gasteiger charge is -2.37. The average Bonchev–Trinajstić information content (AvgIpc) is 3.02. The number of amides is 3. The third-order valence-electron chi connectivity index (χ3n) is 8.00. The van der Waals surface area contributed by atoms with Crippen molar-refractivity contribution in [2.75, 3.05) is 43.5 Å². The Morgan fingerprint density at radius 2 is 1.60 bits per heavy atom. The zero-order valence-corrected chi connectivity index (χ0v) is 23.9. The van der Waals surface area contributed by atoms with Crippen LogP contribution in [0.3, 0.4) is 0 Å². The summed E-state index contributed by atoms with van der Waals surface area (Å²) in [5.74, 6) is 0.342. The number of aromatic nitrogens is 1. The van der Waals surface area contributed by atoms with E-state index in [1.807, 2.05) is 35.2 Å². The lowest BCUT2D eigenvalue weighted by Crippen LogP contribution is -2.49. The van der Waals surface area contributed by atoms with Gasteiger partial charge < -0.3 is 30.9 Å². The second-order valence-electron chi connectivity index (χ2n) is 10.9. The predicted molar refractivity (Wildman–Crippen MR) is 162 cm³/mol. The molecule has 1 aliphatic heterocycles. The Morgan fingerprint density at radius 1 is 0.905 bits per heavy atom. The van der Waals surface area contributed by atoms with Crippen molar-refractivity contribution in [3.8, 4) is 5.75 Å². The molecule has 1 aliphatic carbocycles. The van der Waals surface area contributed by atoms with Crippen LogP contribution in [0.5, 0.6) is 5.75 Å². The maximum atomic E-state index is 13.2. The molecule has 1 aromatic heterocycles. The number of ether oxygens (including phenoxy) is 1. The number of pyridine rings is 1. The predicted octanol–water partition coefficient (Wildman–Crippen LogP) is 3.23. The van der Waals surface area contributed by atoms with E-state index in [9.17, 15) is 14.4 Å². The molecule has 2 aromatic carbocycles. The van der Waals surface area contributed by atoms with Crippen LogP contribution < -0.4 is 26.0 Å². The van der Waals surface area contributed by atoms with Gasteiger partial charge in [-0.3, -0.25) is 19.4 Å². The Bertz CT molecular complexity index is 1380. The molecule has 3 aromatic rings. The monoisotopic (exact) mass is 570 g/mol. The summed E-state index contributed by atoms with van der Waals surface area (Å²) in [5, 5.41) is 6.19. The number of hydrogen-bond donors (Lipinski definition) is 3. The van der Waals surface area contributed by atoms with E-state index in [2.05, 4.69) is 20.5 Å². The second kappa shape index (κ2) is 13.5. The number of nitrogens with zero attached hydrogens (tertiary/aromatic N) is 3. The second-order valence-corrected chi connectivity index (χ2v) is 10.9. The SMILES string of the molecule is COc1ccc(CC(=O)Nc2cc(C(=O)NC3CCC(N)CC3)ccc2N2CCN(C(=O)c3ccncc3)CC2)cc1. The molecule has 2 aliphatic rings. The smallest absolute Gasteiger partial charge is 0.254 e. The van der Waals surface area contributed by atoms with E-state index in [4.69, 9.17) is 10.5 Å². The van der Waals surface area contributed by atoms with Gasteiger partial charge in [0.2, 0.25) is 5.91 Å². The molecule has 10 heteroatoms. The first-order chi connectivity index (χ1) is 20.4. The molecular weight excluding hydrogens is 532 g/mol. The number of piperazine rings is 1. The number of anilines is 2. The highest BCUT2D eigenvalue weighted by molar-refractivity contribution is 6.00. The van der Waals surface area contributed by atoms with Gasteiger partial charge in [0.25, 0.3) is 11.8 Å². The van der Waals surface area contributed by atoms with E-state index in [0.717, 1.165) is 42.7 Å². The Balaban J connectivity index is 1.31. The summed E-state index contributed by atoms with van der Waals surface area (Å²) in [4.78, 5) is 47.3. The van der Waals surface area contributed by atoms with E-state index >= 15 is 0 Å². The van der Waals surface area contributed by atoms with Crippen molar-refractivity contribution in [3.63, 3.8) is 0 Å². The first kappa shape index (κ1) is 29.1. The van der Waals surface area contributed by atoms with Crippen molar-refractivity contribution in [2.45, 2.75) is 44.2 Å². The molecule has 0 radical (unpaired) electrons. The fourth-order valence-electron chi connectivity index (χ4n) is 5.54. The van der Waals surface area contributed by atoms with Crippen LogP contribution in [0, 0.1) is 0 Å². The third kappa shape index (κ3) is 7.25. The summed E-state index contributed by atoms with van der Waals surface area (Å²) in [5.41, 5.74) is 9.36. The van der Waals surface area contributed by atoms with Crippen molar-refractivity contribution in [1.29, 1.82) is 0 Å². The zero-order valence-electron chi connectivity index (χ0n) is 23.9. The number of hydrogen-bond acceptors (Lipinski definition) is 7. The van der Waals surface area contributed by atoms with Crippen LogP contribution in [-0.2, 0) is 11.2 Å². The fourth-order valence-corrected chi connectivity index (χ4v) is 5.54. The van der Waals surface area contributed by atoms with E-state index in [0.29, 0.717) is 43.0 Å². The quantitative estimate of drug-likeness (QED) is 0.379. The van der Waals surface area contributed by atoms with E-state index in [1.54, 1.807) is 43.8 Å². The standard InChI is InChI=1S/C32H38N6O4/c1-42-27-9-2-22(3-10-27)20-30(39)36-28-21-24(31(40)35-26-7-5-25(33)6-8-26)4-11-29(28)37-16-18-38(19-17-37)32(41)23-12-14-34-15-13-23/h2-4,9-15,21,25-26H,5-8,16-20,33H2,1H3,(H,35,40)(H,36,39). The van der Waals surface area contributed by atoms with Gasteiger partial charge in [-0.05, 0) is 73.7 Å². The number of benzene rings is 2. The molecule has 0 spiro atoms. The topological polar surface area (TPSA) is 130 Å². The van der Waals surface area contributed by atoms with Gasteiger partial charge in [0.05, 0.1) is 24.9 Å². The van der Waals surface area contributed by atoms with Gasteiger partial charge in [-0.25, -0.2) is 0 Å². The van der Waals surface area contributed by atoms with E-state index in [1.165, 1.54) is 0 Å². The molecule has 220 valence electrons. The molecule has 42 heavy (non-hydrogen) atoms. The summed E-state index contributed by atoms with van der Waals surface area (Å²) in [6.45, 7) is 2.25. The minimum atomic E-state index is -0.188. The Hall–Kier alpha value is -4.44. The number of methoxy groups -OCH3 is 1. The molecule has 0 bridgehead atoms. The highest BCUT2D eigenvalue weighted by atomic mass is 16.5.